The Hall–Kier alpha value is -1.09. The van der Waals surface area contributed by atoms with E-state index >= 15 is 0 Å². The predicted molar refractivity (Wildman–Crippen MR) is 70.0 cm³/mol. The van der Waals surface area contributed by atoms with Crippen LogP contribution in [0.15, 0.2) is 0 Å². The molecule has 104 valence electrons. The number of hydrogen-bond donors (Lipinski definition) is 2. The Labute approximate surface area is 114 Å². The van der Waals surface area contributed by atoms with E-state index in [4.69, 9.17) is 10.5 Å². The van der Waals surface area contributed by atoms with Crippen LogP contribution in [-0.4, -0.2) is 43.7 Å². The standard InChI is InChI=1S/C11H17N5O2S/c1-11(17,6-12)5-8-15-16-9(7-3-2-4-18-7)13-14-10(16)19-8/h7,17H,2-6,12H2,1H3. The van der Waals surface area contributed by atoms with Crippen molar-refractivity contribution >= 4 is 16.3 Å². The van der Waals surface area contributed by atoms with Gasteiger partial charge in [0, 0.05) is 19.6 Å². The number of ether oxygens (including phenoxy) is 1. The summed E-state index contributed by atoms with van der Waals surface area (Å²) in [4.78, 5) is 0.730. The van der Waals surface area contributed by atoms with Crippen molar-refractivity contribution in [3.05, 3.63) is 10.8 Å². The van der Waals surface area contributed by atoms with Gasteiger partial charge in [-0.25, -0.2) is 0 Å². The van der Waals surface area contributed by atoms with E-state index in [0.717, 1.165) is 35.2 Å². The normalized spacial score (nSPS) is 23.0. The van der Waals surface area contributed by atoms with Crippen LogP contribution < -0.4 is 5.73 Å². The Morgan fingerprint density at radius 1 is 1.58 bits per heavy atom. The highest BCUT2D eigenvalue weighted by molar-refractivity contribution is 7.16. The second kappa shape index (κ2) is 4.78. The molecule has 1 saturated heterocycles. The fraction of sp³-hybridized carbons (Fsp3) is 0.727. The van der Waals surface area contributed by atoms with Crippen molar-refractivity contribution < 1.29 is 9.84 Å². The van der Waals surface area contributed by atoms with Gasteiger partial charge in [0.1, 0.15) is 11.1 Å². The maximum Gasteiger partial charge on any atom is 0.234 e. The van der Waals surface area contributed by atoms with Gasteiger partial charge in [0.2, 0.25) is 4.96 Å². The fourth-order valence-corrected chi connectivity index (χ4v) is 3.14. The zero-order chi connectivity index (χ0) is 13.5. The molecule has 3 heterocycles. The summed E-state index contributed by atoms with van der Waals surface area (Å²) in [7, 11) is 0. The van der Waals surface area contributed by atoms with Gasteiger partial charge in [-0.3, -0.25) is 0 Å². The van der Waals surface area contributed by atoms with Crippen LogP contribution in [0.4, 0.5) is 0 Å². The van der Waals surface area contributed by atoms with Gasteiger partial charge in [0.15, 0.2) is 5.82 Å². The average molecular weight is 283 g/mol. The molecule has 2 unspecified atom stereocenters. The maximum absolute atomic E-state index is 9.99. The molecule has 2 aromatic rings. The molecule has 1 aliphatic rings. The van der Waals surface area contributed by atoms with Crippen molar-refractivity contribution in [2.24, 2.45) is 5.73 Å². The highest BCUT2D eigenvalue weighted by Crippen LogP contribution is 2.28. The third-order valence-corrected chi connectivity index (χ3v) is 4.15. The van der Waals surface area contributed by atoms with E-state index in [-0.39, 0.29) is 12.6 Å². The van der Waals surface area contributed by atoms with Crippen LogP contribution in [-0.2, 0) is 11.2 Å². The van der Waals surface area contributed by atoms with E-state index in [1.165, 1.54) is 11.3 Å². The number of aromatic nitrogens is 4. The van der Waals surface area contributed by atoms with Gasteiger partial charge in [0.05, 0.1) is 5.60 Å². The molecule has 19 heavy (non-hydrogen) atoms. The fourth-order valence-electron chi connectivity index (χ4n) is 2.12. The van der Waals surface area contributed by atoms with Crippen LogP contribution >= 0.6 is 11.3 Å². The first-order chi connectivity index (χ1) is 9.09. The summed E-state index contributed by atoms with van der Waals surface area (Å²) in [5, 5.41) is 23.5. The van der Waals surface area contributed by atoms with Gasteiger partial charge < -0.3 is 15.6 Å². The monoisotopic (exact) mass is 283 g/mol. The van der Waals surface area contributed by atoms with Crippen LogP contribution in [0.5, 0.6) is 0 Å². The first-order valence-electron chi connectivity index (χ1n) is 6.34. The summed E-state index contributed by atoms with van der Waals surface area (Å²) in [5.74, 6) is 0.752. The molecule has 0 radical (unpaired) electrons. The second-order valence-electron chi connectivity index (χ2n) is 5.13. The largest absolute Gasteiger partial charge is 0.388 e. The highest BCUT2D eigenvalue weighted by atomic mass is 32.1. The molecule has 0 saturated carbocycles. The molecular formula is C11H17N5O2S. The molecule has 0 amide bonds. The molecule has 3 N–H and O–H groups in total. The van der Waals surface area contributed by atoms with Crippen LogP contribution in [0, 0.1) is 0 Å². The minimum Gasteiger partial charge on any atom is -0.388 e. The molecular weight excluding hydrogens is 266 g/mol. The lowest BCUT2D eigenvalue weighted by molar-refractivity contribution is 0.0693. The Kier molecular flexibility index (Phi) is 3.25. The Balaban J connectivity index is 1.89. The molecule has 2 atom stereocenters. The van der Waals surface area contributed by atoms with E-state index in [1.807, 2.05) is 0 Å². The van der Waals surface area contributed by atoms with Crippen molar-refractivity contribution in [1.29, 1.82) is 0 Å². The van der Waals surface area contributed by atoms with E-state index in [2.05, 4.69) is 15.3 Å². The summed E-state index contributed by atoms with van der Waals surface area (Å²) in [6.07, 6.45) is 2.40. The molecule has 2 aromatic heterocycles. The average Bonchev–Trinajstić information content (AvgIpc) is 3.03. The smallest absolute Gasteiger partial charge is 0.234 e. The molecule has 1 aliphatic heterocycles. The summed E-state index contributed by atoms with van der Waals surface area (Å²) in [6, 6.07) is 0. The first kappa shape index (κ1) is 12.9. The van der Waals surface area contributed by atoms with Gasteiger partial charge in [0.25, 0.3) is 0 Å². The SMILES string of the molecule is CC(O)(CN)Cc1nn2c(C3CCCO3)nnc2s1. The van der Waals surface area contributed by atoms with Gasteiger partial charge in [-0.15, -0.1) is 10.2 Å². The van der Waals surface area contributed by atoms with Gasteiger partial charge in [-0.05, 0) is 19.8 Å². The zero-order valence-corrected chi connectivity index (χ0v) is 11.6. The van der Waals surface area contributed by atoms with E-state index < -0.39 is 5.60 Å². The number of hydrogen-bond acceptors (Lipinski definition) is 7. The second-order valence-corrected chi connectivity index (χ2v) is 6.17. The lowest BCUT2D eigenvalue weighted by Crippen LogP contribution is -2.36. The zero-order valence-electron chi connectivity index (χ0n) is 10.7. The molecule has 7 nitrogen and oxygen atoms in total. The van der Waals surface area contributed by atoms with E-state index in [9.17, 15) is 5.11 Å². The molecule has 0 aromatic carbocycles. The Morgan fingerprint density at radius 3 is 3.11 bits per heavy atom. The third kappa shape index (κ3) is 2.48. The van der Waals surface area contributed by atoms with Gasteiger partial charge >= 0.3 is 0 Å². The lowest BCUT2D eigenvalue weighted by atomic mass is 10.0. The van der Waals surface area contributed by atoms with Gasteiger partial charge in [-0.2, -0.15) is 9.61 Å². The number of nitrogens with two attached hydrogens (primary N) is 1. The predicted octanol–water partition coefficient (Wildman–Crippen LogP) is 0.289. The molecule has 0 bridgehead atoms. The number of nitrogens with zero attached hydrogens (tertiary/aromatic N) is 4. The Bertz CT molecular complexity index is 573. The van der Waals surface area contributed by atoms with Crippen LogP contribution in [0.2, 0.25) is 0 Å². The van der Waals surface area contributed by atoms with Crippen molar-refractivity contribution in [3.63, 3.8) is 0 Å². The van der Waals surface area contributed by atoms with Crippen molar-refractivity contribution in [2.45, 2.75) is 37.9 Å². The molecule has 3 rings (SSSR count). The van der Waals surface area contributed by atoms with Crippen molar-refractivity contribution in [1.82, 2.24) is 19.8 Å². The van der Waals surface area contributed by atoms with E-state index in [1.54, 1.807) is 11.4 Å². The summed E-state index contributed by atoms with van der Waals surface area (Å²) in [6.45, 7) is 2.67. The Morgan fingerprint density at radius 2 is 2.42 bits per heavy atom. The maximum atomic E-state index is 9.99. The van der Waals surface area contributed by atoms with E-state index in [0.29, 0.717) is 6.42 Å². The minimum absolute atomic E-state index is 0.0139. The number of fused-ring (bicyclic) bond motifs is 1. The van der Waals surface area contributed by atoms with Crippen molar-refractivity contribution in [3.8, 4) is 0 Å². The van der Waals surface area contributed by atoms with Crippen molar-refractivity contribution in [2.75, 3.05) is 13.2 Å². The lowest BCUT2D eigenvalue weighted by Gasteiger charge is -2.18. The molecule has 8 heteroatoms. The molecule has 1 fully saturated rings. The summed E-state index contributed by atoms with van der Waals surface area (Å²) < 4.78 is 7.33. The number of aliphatic hydroxyl groups is 1. The first-order valence-corrected chi connectivity index (χ1v) is 7.16. The quantitative estimate of drug-likeness (QED) is 0.837. The highest BCUT2D eigenvalue weighted by Gasteiger charge is 2.26. The minimum atomic E-state index is -0.937. The third-order valence-electron chi connectivity index (χ3n) is 3.25. The van der Waals surface area contributed by atoms with Gasteiger partial charge in [-0.1, -0.05) is 11.3 Å². The summed E-state index contributed by atoms with van der Waals surface area (Å²) >= 11 is 1.43. The summed E-state index contributed by atoms with van der Waals surface area (Å²) in [5.41, 5.74) is 4.59. The van der Waals surface area contributed by atoms with Crippen LogP contribution in [0.25, 0.3) is 4.96 Å². The number of rotatable bonds is 4. The van der Waals surface area contributed by atoms with Crippen LogP contribution in [0.1, 0.15) is 36.7 Å². The molecule has 0 spiro atoms. The molecule has 0 aliphatic carbocycles. The van der Waals surface area contributed by atoms with Crippen LogP contribution in [0.3, 0.4) is 0 Å². The topological polar surface area (TPSA) is 98.6 Å².